The Balaban J connectivity index is 1.23. The fourth-order valence-corrected chi connectivity index (χ4v) is 5.80. The predicted molar refractivity (Wildman–Crippen MR) is 158 cm³/mol. The van der Waals surface area contributed by atoms with E-state index in [4.69, 9.17) is 10.5 Å². The maximum Gasteiger partial charge on any atom is 0.317 e. The van der Waals surface area contributed by atoms with Crippen LogP contribution in [-0.2, 0) is 4.74 Å². The molecule has 4 amide bonds. The number of ether oxygens (including phenoxy) is 1. The monoisotopic (exact) mass is 579 g/mol. The first-order chi connectivity index (χ1) is 20.3. The summed E-state index contributed by atoms with van der Waals surface area (Å²) in [5.41, 5.74) is 6.66. The second-order valence-corrected chi connectivity index (χ2v) is 11.6. The van der Waals surface area contributed by atoms with Crippen LogP contribution < -0.4 is 21.3 Å². The lowest BCUT2D eigenvalue weighted by molar-refractivity contribution is 0.0303. The van der Waals surface area contributed by atoms with Gasteiger partial charge in [0.25, 0.3) is 11.8 Å². The molecular weight excluding hydrogens is 538 g/mol. The minimum Gasteiger partial charge on any atom is -0.378 e. The summed E-state index contributed by atoms with van der Waals surface area (Å²) in [6.45, 7) is 9.48. The highest BCUT2D eigenvalue weighted by molar-refractivity contribution is 5.97. The summed E-state index contributed by atoms with van der Waals surface area (Å²) in [7, 11) is 0. The third kappa shape index (κ3) is 7.07. The smallest absolute Gasteiger partial charge is 0.317 e. The summed E-state index contributed by atoms with van der Waals surface area (Å²) in [5, 5.41) is 14.6. The molecule has 3 fully saturated rings. The molecule has 1 aromatic heterocycles. The van der Waals surface area contributed by atoms with Gasteiger partial charge in [0.05, 0.1) is 13.2 Å². The van der Waals surface area contributed by atoms with E-state index in [1.165, 1.54) is 0 Å². The second-order valence-electron chi connectivity index (χ2n) is 11.6. The first-order valence-corrected chi connectivity index (χ1v) is 14.9. The van der Waals surface area contributed by atoms with Crippen molar-refractivity contribution in [2.45, 2.75) is 45.6 Å². The largest absolute Gasteiger partial charge is 0.378 e. The van der Waals surface area contributed by atoms with Gasteiger partial charge in [-0.25, -0.2) is 4.79 Å². The van der Waals surface area contributed by atoms with Crippen LogP contribution in [0.5, 0.6) is 0 Å². The first kappa shape index (κ1) is 29.5. The maximum absolute atomic E-state index is 13.0. The number of rotatable bonds is 7. The fraction of sp³-hybridized carbons (Fsp3) is 0.586. The summed E-state index contributed by atoms with van der Waals surface area (Å²) in [6.07, 6.45) is 3.79. The molecule has 13 heteroatoms. The molecule has 1 aromatic carbocycles. The Morgan fingerprint density at radius 3 is 2.33 bits per heavy atom. The van der Waals surface area contributed by atoms with E-state index in [1.807, 2.05) is 9.80 Å². The number of likely N-dealkylation sites (tertiary alicyclic amines) is 1. The number of hydrogen-bond acceptors (Lipinski definition) is 9. The number of carbonyl (C=O) groups excluding carboxylic acids is 3. The number of nitrogens with two attached hydrogens (primary N) is 1. The van der Waals surface area contributed by atoms with Gasteiger partial charge in [0.1, 0.15) is 0 Å². The molecule has 0 bridgehead atoms. The van der Waals surface area contributed by atoms with E-state index in [1.54, 1.807) is 29.2 Å². The van der Waals surface area contributed by atoms with Crippen molar-refractivity contribution in [1.82, 2.24) is 30.3 Å². The van der Waals surface area contributed by atoms with Crippen LogP contribution in [0.1, 0.15) is 60.4 Å². The van der Waals surface area contributed by atoms with Gasteiger partial charge in [-0.1, -0.05) is 13.8 Å². The predicted octanol–water partition coefficient (Wildman–Crippen LogP) is 2.23. The van der Waals surface area contributed by atoms with Gasteiger partial charge in [0.2, 0.25) is 5.95 Å². The third-order valence-corrected chi connectivity index (χ3v) is 8.40. The molecule has 0 saturated carbocycles. The molecule has 5 rings (SSSR count). The summed E-state index contributed by atoms with van der Waals surface area (Å²) in [6, 6.07) is 6.87. The lowest BCUT2D eigenvalue weighted by Gasteiger charge is -2.37. The van der Waals surface area contributed by atoms with Crippen molar-refractivity contribution in [3.05, 3.63) is 35.5 Å². The Morgan fingerprint density at radius 1 is 0.952 bits per heavy atom. The molecule has 0 radical (unpaired) electrons. The Labute approximate surface area is 246 Å². The van der Waals surface area contributed by atoms with Gasteiger partial charge < -0.3 is 35.8 Å². The lowest BCUT2D eigenvalue weighted by atomic mass is 9.87. The van der Waals surface area contributed by atoms with Crippen LogP contribution in [-0.4, -0.2) is 101 Å². The zero-order chi connectivity index (χ0) is 29.6. The van der Waals surface area contributed by atoms with Crippen LogP contribution in [0.2, 0.25) is 0 Å². The normalized spacial score (nSPS) is 20.0. The van der Waals surface area contributed by atoms with Crippen LogP contribution in [0.3, 0.4) is 0 Å². The zero-order valence-corrected chi connectivity index (χ0v) is 24.4. The van der Waals surface area contributed by atoms with Crippen LogP contribution >= 0.6 is 0 Å². The minimum atomic E-state index is -0.756. The highest BCUT2D eigenvalue weighted by atomic mass is 16.5. The zero-order valence-electron chi connectivity index (χ0n) is 24.4. The molecule has 13 nitrogen and oxygen atoms in total. The molecule has 0 aliphatic carbocycles. The van der Waals surface area contributed by atoms with Gasteiger partial charge in [-0.05, 0) is 61.8 Å². The lowest BCUT2D eigenvalue weighted by Crippen LogP contribution is -2.53. The molecule has 1 atom stereocenters. The van der Waals surface area contributed by atoms with Gasteiger partial charge in [0.15, 0.2) is 11.5 Å². The van der Waals surface area contributed by atoms with E-state index in [2.05, 4.69) is 39.7 Å². The number of urea groups is 1. The van der Waals surface area contributed by atoms with Crippen molar-refractivity contribution in [3.63, 3.8) is 0 Å². The topological polar surface area (TPSA) is 159 Å². The minimum absolute atomic E-state index is 0.0231. The van der Waals surface area contributed by atoms with E-state index in [0.29, 0.717) is 68.4 Å². The van der Waals surface area contributed by atoms with Crippen LogP contribution in [0.15, 0.2) is 24.3 Å². The number of anilines is 3. The van der Waals surface area contributed by atoms with Crippen molar-refractivity contribution >= 4 is 35.3 Å². The molecule has 3 aliphatic heterocycles. The van der Waals surface area contributed by atoms with Gasteiger partial charge in [-0.3, -0.25) is 9.59 Å². The average molecular weight is 580 g/mol. The second kappa shape index (κ2) is 13.3. The quantitative estimate of drug-likeness (QED) is 0.447. The van der Waals surface area contributed by atoms with E-state index in [0.717, 1.165) is 38.8 Å². The number of morpholine rings is 1. The van der Waals surface area contributed by atoms with Crippen LogP contribution in [0.25, 0.3) is 0 Å². The molecule has 1 unspecified atom stereocenters. The number of hydrogen-bond donors (Lipinski definition) is 3. The van der Waals surface area contributed by atoms with Crippen molar-refractivity contribution < 1.29 is 19.1 Å². The molecule has 0 spiro atoms. The Morgan fingerprint density at radius 2 is 1.67 bits per heavy atom. The summed E-state index contributed by atoms with van der Waals surface area (Å²) in [4.78, 5) is 48.1. The molecule has 2 aromatic rings. The van der Waals surface area contributed by atoms with Crippen molar-refractivity contribution in [2.75, 3.05) is 62.7 Å². The maximum atomic E-state index is 13.0. The van der Waals surface area contributed by atoms with Crippen molar-refractivity contribution in [3.8, 4) is 0 Å². The standard InChI is InChI=1S/C29H41N9O4/c1-19(2)20-9-12-37(13-10-20)29(41)32-23-4-3-11-38(18-23)28-33-26(24(25(30)39)34-35-28)31-22-7-5-21(6-8-22)27(40)36-14-16-42-17-15-36/h5-8,19-20,23H,3-4,9-18H2,1-2H3,(H2,30,39)(H,32,41)(H,31,33,35). The van der Waals surface area contributed by atoms with Crippen LogP contribution in [0.4, 0.5) is 22.2 Å². The van der Waals surface area contributed by atoms with E-state index in [-0.39, 0.29) is 29.5 Å². The molecule has 4 heterocycles. The number of nitrogens with one attached hydrogen (secondary N) is 2. The third-order valence-electron chi connectivity index (χ3n) is 8.40. The SMILES string of the molecule is CC(C)C1CCN(C(=O)NC2CCCN(c3nnc(C(N)=O)c(Nc4ccc(C(=O)N5CCOCC5)cc4)n3)C2)CC1. The van der Waals surface area contributed by atoms with Crippen LogP contribution in [0, 0.1) is 11.8 Å². The number of primary amides is 1. The average Bonchev–Trinajstić information content (AvgIpc) is 3.01. The first-order valence-electron chi connectivity index (χ1n) is 14.9. The summed E-state index contributed by atoms with van der Waals surface area (Å²) in [5.74, 6) is 1.02. The number of benzene rings is 1. The van der Waals surface area contributed by atoms with E-state index in [9.17, 15) is 14.4 Å². The molecular formula is C29H41N9O4. The Kier molecular flexibility index (Phi) is 9.35. The summed E-state index contributed by atoms with van der Waals surface area (Å²) >= 11 is 0. The number of piperidine rings is 2. The Bertz CT molecular complexity index is 1260. The van der Waals surface area contributed by atoms with Gasteiger partial charge in [-0.15, -0.1) is 10.2 Å². The molecule has 42 heavy (non-hydrogen) atoms. The molecule has 226 valence electrons. The van der Waals surface area contributed by atoms with E-state index < -0.39 is 5.91 Å². The number of amides is 4. The Hall–Kier alpha value is -4.00. The fourth-order valence-electron chi connectivity index (χ4n) is 5.80. The highest BCUT2D eigenvalue weighted by Crippen LogP contribution is 2.25. The molecule has 3 saturated heterocycles. The van der Waals surface area contributed by atoms with Gasteiger partial charge >= 0.3 is 6.03 Å². The number of aromatic nitrogens is 3. The number of carbonyl (C=O) groups is 3. The highest BCUT2D eigenvalue weighted by Gasteiger charge is 2.29. The summed E-state index contributed by atoms with van der Waals surface area (Å²) < 4.78 is 5.33. The molecule has 3 aliphatic rings. The van der Waals surface area contributed by atoms with Crippen molar-refractivity contribution in [2.24, 2.45) is 17.6 Å². The van der Waals surface area contributed by atoms with Gasteiger partial charge in [-0.2, -0.15) is 4.98 Å². The molecule has 4 N–H and O–H groups in total. The van der Waals surface area contributed by atoms with Gasteiger partial charge in [0, 0.05) is 56.6 Å². The number of nitrogens with zero attached hydrogens (tertiary/aromatic N) is 6. The van der Waals surface area contributed by atoms with E-state index >= 15 is 0 Å². The van der Waals surface area contributed by atoms with Crippen molar-refractivity contribution in [1.29, 1.82) is 0 Å².